The first-order chi connectivity index (χ1) is 15.6. The minimum atomic E-state index is -0.433. The first-order valence-corrected chi connectivity index (χ1v) is 10.00. The van der Waals surface area contributed by atoms with Gasteiger partial charge in [0.05, 0.1) is 17.6 Å². The van der Waals surface area contributed by atoms with E-state index >= 15 is 0 Å². The van der Waals surface area contributed by atoms with Gasteiger partial charge in [-0.25, -0.2) is 15.1 Å². The summed E-state index contributed by atoms with van der Waals surface area (Å²) < 4.78 is 2.88. The quantitative estimate of drug-likeness (QED) is 0.333. The maximum atomic E-state index is 13.0. The summed E-state index contributed by atoms with van der Waals surface area (Å²) in [7, 11) is 0. The Morgan fingerprint density at radius 3 is 2.78 bits per heavy atom. The number of hydrazone groups is 1. The first-order valence-electron chi connectivity index (χ1n) is 10.00. The molecule has 9 nitrogen and oxygen atoms in total. The van der Waals surface area contributed by atoms with Crippen molar-refractivity contribution in [3.8, 4) is 5.69 Å². The SMILES string of the molecule is Cc1nn(-c2ccccc2)c2ncn(CC(=O)N/N=C/c3c[nH]c4ccccc34)c(=O)c12. The molecule has 0 spiro atoms. The average Bonchev–Trinajstić information content (AvgIpc) is 3.38. The molecule has 0 aliphatic rings. The molecule has 0 bridgehead atoms. The number of nitrogens with one attached hydrogen (secondary N) is 2. The lowest BCUT2D eigenvalue weighted by molar-refractivity contribution is -0.121. The normalized spacial score (nSPS) is 11.5. The lowest BCUT2D eigenvalue weighted by Crippen LogP contribution is -2.30. The Balaban J connectivity index is 1.36. The second-order valence-corrected chi connectivity index (χ2v) is 7.29. The van der Waals surface area contributed by atoms with Gasteiger partial charge in [-0.3, -0.25) is 14.2 Å². The van der Waals surface area contributed by atoms with Crippen molar-refractivity contribution in [3.63, 3.8) is 0 Å². The van der Waals surface area contributed by atoms with E-state index in [-0.39, 0.29) is 12.1 Å². The van der Waals surface area contributed by atoms with Crippen LogP contribution in [0.25, 0.3) is 27.6 Å². The molecule has 158 valence electrons. The number of hydrogen-bond acceptors (Lipinski definition) is 5. The highest BCUT2D eigenvalue weighted by atomic mass is 16.2. The summed E-state index contributed by atoms with van der Waals surface area (Å²) in [6.45, 7) is 1.55. The molecule has 9 heteroatoms. The number of carbonyl (C=O) groups is 1. The van der Waals surface area contributed by atoms with Crippen LogP contribution in [0.15, 0.2) is 77.0 Å². The highest BCUT2D eigenvalue weighted by molar-refractivity contribution is 5.99. The van der Waals surface area contributed by atoms with Crippen LogP contribution in [-0.4, -0.2) is 36.4 Å². The number of carbonyl (C=O) groups excluding carboxylic acids is 1. The molecule has 0 saturated carbocycles. The molecule has 5 aromatic rings. The molecule has 3 aromatic heterocycles. The smallest absolute Gasteiger partial charge is 0.265 e. The summed E-state index contributed by atoms with van der Waals surface area (Å²) in [5.74, 6) is -0.433. The number of nitrogens with zero attached hydrogens (tertiary/aromatic N) is 5. The van der Waals surface area contributed by atoms with E-state index in [0.29, 0.717) is 16.7 Å². The van der Waals surface area contributed by atoms with Crippen molar-refractivity contribution in [1.29, 1.82) is 0 Å². The van der Waals surface area contributed by atoms with Gasteiger partial charge >= 0.3 is 0 Å². The van der Waals surface area contributed by atoms with E-state index in [2.05, 4.69) is 25.6 Å². The van der Waals surface area contributed by atoms with Crippen molar-refractivity contribution < 1.29 is 4.79 Å². The van der Waals surface area contributed by atoms with Gasteiger partial charge in [0.25, 0.3) is 11.5 Å². The van der Waals surface area contributed by atoms with Gasteiger partial charge in [-0.05, 0) is 25.1 Å². The number of aryl methyl sites for hydroxylation is 1. The van der Waals surface area contributed by atoms with Crippen LogP contribution in [0.2, 0.25) is 0 Å². The predicted octanol–water partition coefficient (Wildman–Crippen LogP) is 2.52. The van der Waals surface area contributed by atoms with Gasteiger partial charge in [-0.2, -0.15) is 10.2 Å². The zero-order chi connectivity index (χ0) is 22.1. The van der Waals surface area contributed by atoms with Gasteiger partial charge in [0.15, 0.2) is 5.65 Å². The molecular formula is C23H19N7O2. The second-order valence-electron chi connectivity index (χ2n) is 7.29. The van der Waals surface area contributed by atoms with Crippen molar-refractivity contribution in [2.24, 2.45) is 5.10 Å². The van der Waals surface area contributed by atoms with E-state index in [1.54, 1.807) is 17.8 Å². The zero-order valence-corrected chi connectivity index (χ0v) is 17.2. The Kier molecular flexibility index (Phi) is 4.83. The van der Waals surface area contributed by atoms with E-state index in [9.17, 15) is 9.59 Å². The Morgan fingerprint density at radius 1 is 1.16 bits per heavy atom. The van der Waals surface area contributed by atoms with Crippen molar-refractivity contribution in [2.45, 2.75) is 13.5 Å². The van der Waals surface area contributed by atoms with Gasteiger partial charge in [0.1, 0.15) is 18.3 Å². The molecule has 2 aromatic carbocycles. The first kappa shape index (κ1) is 19.4. The number of aromatic nitrogens is 5. The van der Waals surface area contributed by atoms with Gasteiger partial charge in [-0.15, -0.1) is 0 Å². The van der Waals surface area contributed by atoms with Crippen LogP contribution in [0.1, 0.15) is 11.3 Å². The van der Waals surface area contributed by atoms with Gasteiger partial charge in [0.2, 0.25) is 0 Å². The van der Waals surface area contributed by atoms with Crippen molar-refractivity contribution >= 4 is 34.1 Å². The van der Waals surface area contributed by atoms with Gasteiger partial charge < -0.3 is 4.98 Å². The minimum Gasteiger partial charge on any atom is -0.361 e. The summed E-state index contributed by atoms with van der Waals surface area (Å²) in [4.78, 5) is 32.9. The molecule has 0 aliphatic carbocycles. The molecule has 1 amide bonds. The molecule has 0 atom stereocenters. The zero-order valence-electron chi connectivity index (χ0n) is 17.2. The molecule has 0 saturated heterocycles. The lowest BCUT2D eigenvalue weighted by Gasteiger charge is -2.05. The minimum absolute atomic E-state index is 0.205. The highest BCUT2D eigenvalue weighted by Gasteiger charge is 2.16. The van der Waals surface area contributed by atoms with Crippen LogP contribution in [0.3, 0.4) is 0 Å². The van der Waals surface area contributed by atoms with E-state index in [4.69, 9.17) is 0 Å². The average molecular weight is 425 g/mol. The molecule has 5 rings (SSSR count). The van der Waals surface area contributed by atoms with Crippen molar-refractivity contribution in [2.75, 3.05) is 0 Å². The van der Waals surface area contributed by atoms with Crippen LogP contribution in [0, 0.1) is 6.92 Å². The maximum absolute atomic E-state index is 13.0. The molecular weight excluding hydrogens is 406 g/mol. The molecule has 0 aliphatic heterocycles. The standard InChI is InChI=1S/C23H19N7O2/c1-15-21-22(30(28-15)17-7-3-2-4-8-17)25-14-29(23(21)32)13-20(31)27-26-12-16-11-24-19-10-6-5-9-18(16)19/h2-12,14,24H,13H2,1H3,(H,27,31)/b26-12+. The monoisotopic (exact) mass is 425 g/mol. The summed E-state index contributed by atoms with van der Waals surface area (Å²) in [5.41, 5.74) is 5.78. The number of amides is 1. The van der Waals surface area contributed by atoms with Gasteiger partial charge in [0, 0.05) is 22.7 Å². The van der Waals surface area contributed by atoms with E-state index < -0.39 is 5.91 Å². The highest BCUT2D eigenvalue weighted by Crippen LogP contribution is 2.17. The van der Waals surface area contributed by atoms with Crippen LogP contribution in [0.4, 0.5) is 0 Å². The van der Waals surface area contributed by atoms with Crippen molar-refractivity contribution in [1.82, 2.24) is 29.7 Å². The number of H-pyrrole nitrogens is 1. The Hall–Kier alpha value is -4.53. The molecule has 2 N–H and O–H groups in total. The van der Waals surface area contributed by atoms with Crippen LogP contribution < -0.4 is 11.0 Å². The van der Waals surface area contributed by atoms with Crippen LogP contribution in [0.5, 0.6) is 0 Å². The summed E-state index contributed by atoms with van der Waals surface area (Å²) >= 11 is 0. The third kappa shape index (κ3) is 3.45. The molecule has 0 radical (unpaired) electrons. The summed E-state index contributed by atoms with van der Waals surface area (Å²) in [6, 6.07) is 17.3. The fraction of sp³-hybridized carbons (Fsp3) is 0.0870. The fourth-order valence-corrected chi connectivity index (χ4v) is 3.63. The number of fused-ring (bicyclic) bond motifs is 2. The number of rotatable bonds is 5. The summed E-state index contributed by atoms with van der Waals surface area (Å²) in [6.07, 6.45) is 4.74. The van der Waals surface area contributed by atoms with E-state index in [1.165, 1.54) is 10.9 Å². The fourth-order valence-electron chi connectivity index (χ4n) is 3.63. The number of aromatic amines is 1. The number of hydrogen-bond donors (Lipinski definition) is 2. The second kappa shape index (κ2) is 7.95. The Labute approximate surface area is 182 Å². The Morgan fingerprint density at radius 2 is 1.94 bits per heavy atom. The van der Waals surface area contributed by atoms with E-state index in [1.807, 2.05) is 60.8 Å². The topological polar surface area (TPSA) is 110 Å². The Bertz CT molecular complexity index is 1530. The molecule has 0 unspecified atom stereocenters. The van der Waals surface area contributed by atoms with E-state index in [0.717, 1.165) is 22.2 Å². The maximum Gasteiger partial charge on any atom is 0.265 e. The summed E-state index contributed by atoms with van der Waals surface area (Å²) in [5, 5.41) is 9.86. The largest absolute Gasteiger partial charge is 0.361 e. The van der Waals surface area contributed by atoms with Crippen molar-refractivity contribution in [3.05, 3.63) is 88.7 Å². The van der Waals surface area contributed by atoms with Crippen LogP contribution in [-0.2, 0) is 11.3 Å². The molecule has 32 heavy (non-hydrogen) atoms. The lowest BCUT2D eigenvalue weighted by atomic mass is 10.2. The third-order valence-electron chi connectivity index (χ3n) is 5.16. The van der Waals surface area contributed by atoms with Crippen LogP contribution >= 0.6 is 0 Å². The third-order valence-corrected chi connectivity index (χ3v) is 5.16. The number of para-hydroxylation sites is 2. The van der Waals surface area contributed by atoms with Gasteiger partial charge in [-0.1, -0.05) is 36.4 Å². The predicted molar refractivity (Wildman–Crippen MR) is 122 cm³/mol. The molecule has 0 fully saturated rings. The number of benzene rings is 2. The molecule has 3 heterocycles.